The van der Waals surface area contributed by atoms with Crippen molar-refractivity contribution in [2.75, 3.05) is 16.8 Å². The summed E-state index contributed by atoms with van der Waals surface area (Å²) in [5.74, 6) is -0.816. The molecule has 0 aromatic heterocycles. The largest absolute Gasteiger partial charge is 0.416 e. The lowest BCUT2D eigenvalue weighted by molar-refractivity contribution is -0.137. The molecule has 0 radical (unpaired) electrons. The molecule has 0 heterocycles. The van der Waals surface area contributed by atoms with E-state index in [1.165, 1.54) is 19.1 Å². The van der Waals surface area contributed by atoms with Gasteiger partial charge in [-0.25, -0.2) is 0 Å². The lowest BCUT2D eigenvalue weighted by Crippen LogP contribution is -2.32. The van der Waals surface area contributed by atoms with Crippen LogP contribution in [0.25, 0.3) is 0 Å². The van der Waals surface area contributed by atoms with Crippen molar-refractivity contribution in [3.8, 4) is 0 Å². The predicted molar refractivity (Wildman–Crippen MR) is 98.9 cm³/mol. The Morgan fingerprint density at radius 3 is 2.44 bits per heavy atom. The third-order valence-electron chi connectivity index (χ3n) is 3.89. The molecule has 0 atom stereocenters. The average molecular weight is 399 g/mol. The summed E-state index contributed by atoms with van der Waals surface area (Å²) >= 11 is 5.87. The Morgan fingerprint density at radius 1 is 1.15 bits per heavy atom. The van der Waals surface area contributed by atoms with Crippen LogP contribution in [-0.4, -0.2) is 18.4 Å². The molecule has 2 amide bonds. The quantitative estimate of drug-likeness (QED) is 0.766. The van der Waals surface area contributed by atoms with Crippen molar-refractivity contribution in [1.29, 1.82) is 0 Å². The molecular formula is C19H18ClF3N2O2. The molecule has 27 heavy (non-hydrogen) atoms. The van der Waals surface area contributed by atoms with E-state index in [0.717, 1.165) is 22.6 Å². The van der Waals surface area contributed by atoms with Gasteiger partial charge >= 0.3 is 6.18 Å². The molecular weight excluding hydrogens is 381 g/mol. The fourth-order valence-corrected chi connectivity index (χ4v) is 2.74. The lowest BCUT2D eigenvalue weighted by Gasteiger charge is -2.22. The van der Waals surface area contributed by atoms with Gasteiger partial charge < -0.3 is 10.2 Å². The van der Waals surface area contributed by atoms with Crippen LogP contribution in [0.1, 0.15) is 24.5 Å². The van der Waals surface area contributed by atoms with Gasteiger partial charge in [-0.15, -0.1) is 0 Å². The fourth-order valence-electron chi connectivity index (χ4n) is 2.51. The summed E-state index contributed by atoms with van der Waals surface area (Å²) in [6.07, 6.45) is -4.58. The zero-order valence-corrected chi connectivity index (χ0v) is 15.5. The van der Waals surface area contributed by atoms with Gasteiger partial charge in [-0.3, -0.25) is 9.59 Å². The van der Waals surface area contributed by atoms with E-state index in [9.17, 15) is 22.8 Å². The van der Waals surface area contributed by atoms with Gasteiger partial charge in [0, 0.05) is 36.3 Å². The molecule has 2 rings (SSSR count). The normalized spacial score (nSPS) is 11.2. The van der Waals surface area contributed by atoms with E-state index in [2.05, 4.69) is 5.32 Å². The number of amides is 2. The number of nitrogens with one attached hydrogen (secondary N) is 1. The fraction of sp³-hybridized carbons (Fsp3) is 0.263. The third-order valence-corrected chi connectivity index (χ3v) is 4.13. The van der Waals surface area contributed by atoms with Gasteiger partial charge in [-0.05, 0) is 48.9 Å². The molecule has 0 saturated heterocycles. The summed E-state index contributed by atoms with van der Waals surface area (Å²) in [6.45, 7) is 2.97. The first-order chi connectivity index (χ1) is 12.6. The van der Waals surface area contributed by atoms with Crippen LogP contribution < -0.4 is 10.2 Å². The van der Waals surface area contributed by atoms with E-state index in [-0.39, 0.29) is 24.6 Å². The summed E-state index contributed by atoms with van der Waals surface area (Å²) < 4.78 is 38.6. The van der Waals surface area contributed by atoms with E-state index >= 15 is 0 Å². The molecule has 0 aliphatic rings. The summed E-state index contributed by atoms with van der Waals surface area (Å²) in [5, 5.41) is 3.24. The smallest absolute Gasteiger partial charge is 0.326 e. The van der Waals surface area contributed by atoms with Crippen molar-refractivity contribution in [2.24, 2.45) is 0 Å². The predicted octanol–water partition coefficient (Wildman–Crippen LogP) is 5.05. The first kappa shape index (κ1) is 20.8. The monoisotopic (exact) mass is 398 g/mol. The second kappa shape index (κ2) is 8.43. The molecule has 2 aromatic rings. The zero-order valence-electron chi connectivity index (χ0n) is 14.7. The molecule has 0 saturated carbocycles. The van der Waals surface area contributed by atoms with Crippen LogP contribution >= 0.6 is 11.6 Å². The van der Waals surface area contributed by atoms with Crippen molar-refractivity contribution >= 4 is 34.8 Å². The molecule has 0 aliphatic heterocycles. The highest BCUT2D eigenvalue weighted by Gasteiger charge is 2.31. The van der Waals surface area contributed by atoms with Gasteiger partial charge in [0.2, 0.25) is 11.8 Å². The number of rotatable bonds is 5. The Balaban J connectivity index is 2.08. The van der Waals surface area contributed by atoms with Crippen molar-refractivity contribution in [3.63, 3.8) is 0 Å². The number of hydrogen-bond donors (Lipinski definition) is 1. The number of hydrogen-bond acceptors (Lipinski definition) is 2. The number of halogens is 4. The van der Waals surface area contributed by atoms with Crippen LogP contribution in [0.2, 0.25) is 5.02 Å². The van der Waals surface area contributed by atoms with E-state index in [1.807, 2.05) is 0 Å². The van der Waals surface area contributed by atoms with Gasteiger partial charge in [0.25, 0.3) is 0 Å². The maximum atomic E-state index is 12.9. The van der Waals surface area contributed by atoms with Crippen LogP contribution in [0.3, 0.4) is 0 Å². The zero-order chi connectivity index (χ0) is 20.2. The van der Waals surface area contributed by atoms with Gasteiger partial charge in [0.05, 0.1) is 5.56 Å². The number of benzene rings is 2. The van der Waals surface area contributed by atoms with Crippen molar-refractivity contribution < 1.29 is 22.8 Å². The number of nitrogens with zero attached hydrogens (tertiary/aromatic N) is 1. The van der Waals surface area contributed by atoms with Gasteiger partial charge in [-0.2, -0.15) is 13.2 Å². The maximum Gasteiger partial charge on any atom is 0.416 e. The van der Waals surface area contributed by atoms with Gasteiger partial charge in [0.1, 0.15) is 0 Å². The second-order valence-corrected chi connectivity index (χ2v) is 6.41. The molecule has 1 N–H and O–H groups in total. The highest BCUT2D eigenvalue weighted by molar-refractivity contribution is 6.30. The molecule has 0 aliphatic carbocycles. The first-order valence-corrected chi connectivity index (χ1v) is 8.47. The SMILES string of the molecule is CC(=O)N(CCC(=O)Nc1ccc(Cl)cc1C)c1cccc(C(F)(F)F)c1. The van der Waals surface area contributed by atoms with Crippen LogP contribution in [0, 0.1) is 6.92 Å². The Hall–Kier alpha value is -2.54. The van der Waals surface area contributed by atoms with Crippen molar-refractivity contribution in [3.05, 3.63) is 58.6 Å². The Bertz CT molecular complexity index is 853. The number of alkyl halides is 3. The first-order valence-electron chi connectivity index (χ1n) is 8.09. The van der Waals surface area contributed by atoms with Crippen LogP contribution in [0.5, 0.6) is 0 Å². The summed E-state index contributed by atoms with van der Waals surface area (Å²) in [7, 11) is 0. The van der Waals surface area contributed by atoms with E-state index in [1.54, 1.807) is 25.1 Å². The molecule has 144 valence electrons. The summed E-state index contributed by atoms with van der Waals surface area (Å²) in [6, 6.07) is 9.44. The molecule has 2 aromatic carbocycles. The standard InChI is InChI=1S/C19H18ClF3N2O2/c1-12-10-15(20)6-7-17(12)24-18(27)8-9-25(13(2)26)16-5-3-4-14(11-16)19(21,22)23/h3-7,10-11H,8-9H2,1-2H3,(H,24,27). The van der Waals surface area contributed by atoms with E-state index in [0.29, 0.717) is 10.7 Å². The second-order valence-electron chi connectivity index (χ2n) is 5.98. The maximum absolute atomic E-state index is 12.9. The van der Waals surface area contributed by atoms with E-state index < -0.39 is 17.6 Å². The summed E-state index contributed by atoms with van der Waals surface area (Å²) in [5.41, 5.74) is 0.593. The average Bonchev–Trinajstić information content (AvgIpc) is 2.57. The third kappa shape index (κ3) is 5.72. The topological polar surface area (TPSA) is 49.4 Å². The lowest BCUT2D eigenvalue weighted by atomic mass is 10.1. The minimum atomic E-state index is -4.51. The number of anilines is 2. The molecule has 0 bridgehead atoms. The highest BCUT2D eigenvalue weighted by atomic mass is 35.5. The number of carbonyl (C=O) groups excluding carboxylic acids is 2. The molecule has 0 fully saturated rings. The van der Waals surface area contributed by atoms with Crippen LogP contribution in [-0.2, 0) is 15.8 Å². The minimum Gasteiger partial charge on any atom is -0.326 e. The molecule has 4 nitrogen and oxygen atoms in total. The molecule has 0 spiro atoms. The van der Waals surface area contributed by atoms with Crippen molar-refractivity contribution in [1.82, 2.24) is 0 Å². The number of aryl methyl sites for hydroxylation is 1. The summed E-state index contributed by atoms with van der Waals surface area (Å²) in [4.78, 5) is 25.2. The Morgan fingerprint density at radius 2 is 1.85 bits per heavy atom. The van der Waals surface area contributed by atoms with Crippen LogP contribution in [0.15, 0.2) is 42.5 Å². The van der Waals surface area contributed by atoms with Crippen LogP contribution in [0.4, 0.5) is 24.5 Å². The van der Waals surface area contributed by atoms with Gasteiger partial charge in [0.15, 0.2) is 0 Å². The van der Waals surface area contributed by atoms with Gasteiger partial charge in [-0.1, -0.05) is 17.7 Å². The molecule has 8 heteroatoms. The Kier molecular flexibility index (Phi) is 6.49. The van der Waals surface area contributed by atoms with Crippen molar-refractivity contribution in [2.45, 2.75) is 26.4 Å². The number of carbonyl (C=O) groups is 2. The minimum absolute atomic E-state index is 0.0465. The van der Waals surface area contributed by atoms with E-state index in [4.69, 9.17) is 11.6 Å². The molecule has 0 unspecified atom stereocenters. The Labute approximate surface area is 159 Å². The highest BCUT2D eigenvalue weighted by Crippen LogP contribution is 2.31.